The van der Waals surface area contributed by atoms with E-state index in [0.29, 0.717) is 5.02 Å². The van der Waals surface area contributed by atoms with Crippen LogP contribution in [0, 0.1) is 0 Å². The number of hydrogen-bond acceptors (Lipinski definition) is 1. The number of methoxy groups -OCH3 is 1. The molecule has 3 aromatic rings. The van der Waals surface area contributed by atoms with E-state index in [9.17, 15) is 0 Å². The van der Waals surface area contributed by atoms with E-state index in [0.717, 1.165) is 33.0 Å². The zero-order valence-corrected chi connectivity index (χ0v) is 13.5. The van der Waals surface area contributed by atoms with E-state index in [2.05, 4.69) is 6.07 Å². The van der Waals surface area contributed by atoms with Gasteiger partial charge in [-0.05, 0) is 47.0 Å². The van der Waals surface area contributed by atoms with Gasteiger partial charge in [0.2, 0.25) is 0 Å². The van der Waals surface area contributed by atoms with Crippen LogP contribution in [0.4, 0.5) is 0 Å². The topological polar surface area (TPSA) is 9.23 Å². The van der Waals surface area contributed by atoms with Crippen molar-refractivity contribution >= 4 is 23.2 Å². The molecule has 22 heavy (non-hydrogen) atoms. The first-order chi connectivity index (χ1) is 10.7. The molecule has 0 aromatic heterocycles. The lowest BCUT2D eigenvalue weighted by molar-refractivity contribution is 0.416. The Morgan fingerprint density at radius 2 is 1.23 bits per heavy atom. The van der Waals surface area contributed by atoms with E-state index in [1.165, 1.54) is 0 Å². The van der Waals surface area contributed by atoms with Crippen LogP contribution in [-0.4, -0.2) is 7.11 Å². The van der Waals surface area contributed by atoms with Crippen LogP contribution >= 0.6 is 23.2 Å². The van der Waals surface area contributed by atoms with Gasteiger partial charge in [0.15, 0.2) is 0 Å². The fourth-order valence-electron chi connectivity index (χ4n) is 2.49. The average Bonchev–Trinajstić information content (AvgIpc) is 2.56. The standard InChI is InChI=1S/C19H14Cl2O/c1-22-18-4-2-3-17(13-5-9-15(20)10-6-13)19(18)14-7-11-16(21)12-8-14/h2-12H,1H3. The molecule has 0 heterocycles. The fourth-order valence-corrected chi connectivity index (χ4v) is 2.74. The van der Waals surface area contributed by atoms with Crippen molar-refractivity contribution in [3.8, 4) is 28.0 Å². The third kappa shape index (κ3) is 2.96. The summed E-state index contributed by atoms with van der Waals surface area (Å²) in [6.07, 6.45) is 0. The Morgan fingerprint density at radius 3 is 1.77 bits per heavy atom. The Kier molecular flexibility index (Phi) is 4.37. The van der Waals surface area contributed by atoms with E-state index in [-0.39, 0.29) is 0 Å². The van der Waals surface area contributed by atoms with Crippen LogP contribution < -0.4 is 4.74 Å². The largest absolute Gasteiger partial charge is 0.496 e. The number of ether oxygens (including phenoxy) is 1. The lowest BCUT2D eigenvalue weighted by Gasteiger charge is -2.15. The van der Waals surface area contributed by atoms with Gasteiger partial charge in [-0.15, -0.1) is 0 Å². The predicted octanol–water partition coefficient (Wildman–Crippen LogP) is 6.34. The van der Waals surface area contributed by atoms with Crippen molar-refractivity contribution in [2.75, 3.05) is 7.11 Å². The lowest BCUT2D eigenvalue weighted by Crippen LogP contribution is -1.91. The van der Waals surface area contributed by atoms with Crippen molar-refractivity contribution in [1.29, 1.82) is 0 Å². The van der Waals surface area contributed by atoms with Crippen molar-refractivity contribution in [3.63, 3.8) is 0 Å². The Balaban J connectivity index is 2.22. The molecule has 0 unspecified atom stereocenters. The molecule has 0 aliphatic rings. The molecule has 3 heteroatoms. The van der Waals surface area contributed by atoms with Gasteiger partial charge in [0.1, 0.15) is 5.75 Å². The van der Waals surface area contributed by atoms with E-state index < -0.39 is 0 Å². The lowest BCUT2D eigenvalue weighted by atomic mass is 9.94. The van der Waals surface area contributed by atoms with Crippen molar-refractivity contribution in [1.82, 2.24) is 0 Å². The van der Waals surface area contributed by atoms with E-state index >= 15 is 0 Å². The second-order valence-corrected chi connectivity index (χ2v) is 5.77. The van der Waals surface area contributed by atoms with Gasteiger partial charge in [0.25, 0.3) is 0 Å². The zero-order valence-electron chi connectivity index (χ0n) is 12.0. The molecule has 0 atom stereocenters. The summed E-state index contributed by atoms with van der Waals surface area (Å²) in [7, 11) is 1.68. The van der Waals surface area contributed by atoms with Gasteiger partial charge in [-0.25, -0.2) is 0 Å². The third-order valence-corrected chi connectivity index (χ3v) is 4.04. The predicted molar refractivity (Wildman–Crippen MR) is 93.9 cm³/mol. The number of hydrogen-bond donors (Lipinski definition) is 0. The van der Waals surface area contributed by atoms with Crippen molar-refractivity contribution in [2.24, 2.45) is 0 Å². The second-order valence-electron chi connectivity index (χ2n) is 4.90. The molecule has 3 rings (SSSR count). The minimum atomic E-state index is 0.715. The minimum absolute atomic E-state index is 0.715. The third-order valence-electron chi connectivity index (χ3n) is 3.53. The van der Waals surface area contributed by atoms with Crippen LogP contribution in [0.1, 0.15) is 0 Å². The highest BCUT2D eigenvalue weighted by molar-refractivity contribution is 6.31. The van der Waals surface area contributed by atoms with Crippen LogP contribution in [0.25, 0.3) is 22.3 Å². The summed E-state index contributed by atoms with van der Waals surface area (Å²) < 4.78 is 5.56. The van der Waals surface area contributed by atoms with Gasteiger partial charge in [-0.3, -0.25) is 0 Å². The molecule has 3 aromatic carbocycles. The minimum Gasteiger partial charge on any atom is -0.496 e. The van der Waals surface area contributed by atoms with Crippen molar-refractivity contribution in [2.45, 2.75) is 0 Å². The molecule has 0 N–H and O–H groups in total. The molecule has 0 radical (unpaired) electrons. The van der Waals surface area contributed by atoms with Crippen LogP contribution in [0.2, 0.25) is 10.0 Å². The molecular formula is C19H14Cl2O. The molecule has 0 bridgehead atoms. The van der Waals surface area contributed by atoms with Gasteiger partial charge >= 0.3 is 0 Å². The second kappa shape index (κ2) is 6.43. The maximum atomic E-state index is 6.00. The van der Waals surface area contributed by atoms with Gasteiger partial charge in [0.05, 0.1) is 7.11 Å². The molecule has 0 spiro atoms. The molecule has 0 amide bonds. The summed E-state index contributed by atoms with van der Waals surface area (Å²) in [4.78, 5) is 0. The summed E-state index contributed by atoms with van der Waals surface area (Å²) in [5, 5.41) is 1.44. The molecule has 0 aliphatic heterocycles. The maximum Gasteiger partial charge on any atom is 0.127 e. The summed E-state index contributed by atoms with van der Waals surface area (Å²) in [6.45, 7) is 0. The smallest absolute Gasteiger partial charge is 0.127 e. The van der Waals surface area contributed by atoms with Gasteiger partial charge in [-0.2, -0.15) is 0 Å². The van der Waals surface area contributed by atoms with E-state index in [4.69, 9.17) is 27.9 Å². The maximum absolute atomic E-state index is 6.00. The number of benzene rings is 3. The van der Waals surface area contributed by atoms with Crippen molar-refractivity contribution in [3.05, 3.63) is 76.8 Å². The molecule has 0 saturated carbocycles. The Hall–Kier alpha value is -1.96. The normalized spacial score (nSPS) is 10.5. The summed E-state index contributed by atoms with van der Waals surface area (Å²) in [5.41, 5.74) is 4.29. The molecule has 0 saturated heterocycles. The van der Waals surface area contributed by atoms with E-state index in [1.54, 1.807) is 7.11 Å². The average molecular weight is 329 g/mol. The monoisotopic (exact) mass is 328 g/mol. The van der Waals surface area contributed by atoms with Crippen LogP contribution in [0.15, 0.2) is 66.7 Å². The number of halogens is 2. The summed E-state index contributed by atoms with van der Waals surface area (Å²) in [5.74, 6) is 0.828. The Bertz CT molecular complexity index is 778. The van der Waals surface area contributed by atoms with Crippen LogP contribution in [0.3, 0.4) is 0 Å². The Labute approximate surface area is 140 Å². The molecule has 0 aliphatic carbocycles. The molecule has 110 valence electrons. The number of rotatable bonds is 3. The molecule has 1 nitrogen and oxygen atoms in total. The highest BCUT2D eigenvalue weighted by Gasteiger charge is 2.13. The van der Waals surface area contributed by atoms with Gasteiger partial charge < -0.3 is 4.74 Å². The molecular weight excluding hydrogens is 315 g/mol. The quantitative estimate of drug-likeness (QED) is 0.545. The summed E-state index contributed by atoms with van der Waals surface area (Å²) >= 11 is 12.0. The first-order valence-electron chi connectivity index (χ1n) is 6.88. The Morgan fingerprint density at radius 1 is 0.682 bits per heavy atom. The van der Waals surface area contributed by atoms with E-state index in [1.807, 2.05) is 60.7 Å². The highest BCUT2D eigenvalue weighted by Crippen LogP contribution is 2.39. The highest BCUT2D eigenvalue weighted by atomic mass is 35.5. The van der Waals surface area contributed by atoms with Gasteiger partial charge in [0, 0.05) is 15.6 Å². The zero-order chi connectivity index (χ0) is 15.5. The van der Waals surface area contributed by atoms with Gasteiger partial charge in [-0.1, -0.05) is 59.6 Å². The SMILES string of the molecule is COc1cccc(-c2ccc(Cl)cc2)c1-c1ccc(Cl)cc1. The van der Waals surface area contributed by atoms with Crippen LogP contribution in [-0.2, 0) is 0 Å². The first kappa shape index (κ1) is 15.0. The van der Waals surface area contributed by atoms with Crippen LogP contribution in [0.5, 0.6) is 5.75 Å². The molecule has 0 fully saturated rings. The summed E-state index contributed by atoms with van der Waals surface area (Å²) in [6, 6.07) is 21.6. The fraction of sp³-hybridized carbons (Fsp3) is 0.0526. The first-order valence-corrected chi connectivity index (χ1v) is 7.63. The van der Waals surface area contributed by atoms with Crippen molar-refractivity contribution < 1.29 is 4.74 Å².